The summed E-state index contributed by atoms with van der Waals surface area (Å²) in [7, 11) is 0. The van der Waals surface area contributed by atoms with Gasteiger partial charge in [-0.1, -0.05) is 6.92 Å². The fourth-order valence-corrected chi connectivity index (χ4v) is 2.85. The summed E-state index contributed by atoms with van der Waals surface area (Å²) in [6.07, 6.45) is 4.06. The van der Waals surface area contributed by atoms with E-state index in [2.05, 4.69) is 17.2 Å². The van der Waals surface area contributed by atoms with E-state index in [1.54, 1.807) is 18.5 Å². The Hall–Kier alpha value is -1.72. The van der Waals surface area contributed by atoms with Crippen molar-refractivity contribution in [2.24, 2.45) is 0 Å². The lowest BCUT2D eigenvalue weighted by atomic mass is 10.2. The highest BCUT2D eigenvalue weighted by Gasteiger charge is 2.13. The number of nitrogens with one attached hydrogen (secondary N) is 1. The number of anilines is 1. The van der Waals surface area contributed by atoms with Crippen molar-refractivity contribution in [2.45, 2.75) is 26.9 Å². The Bertz CT molecular complexity index is 593. The first-order valence-electron chi connectivity index (χ1n) is 6.10. The van der Waals surface area contributed by atoms with Crippen LogP contribution in [0.2, 0.25) is 0 Å². The van der Waals surface area contributed by atoms with Crippen LogP contribution in [0.5, 0.6) is 0 Å². The number of carbonyl (C=O) groups is 1. The molecule has 0 aliphatic rings. The van der Waals surface area contributed by atoms with Crippen LogP contribution in [0.4, 0.5) is 5.69 Å². The number of amides is 1. The summed E-state index contributed by atoms with van der Waals surface area (Å²) in [4.78, 5) is 18.0. The highest BCUT2D eigenvalue weighted by atomic mass is 32.1. The molecule has 1 amide bonds. The minimum Gasteiger partial charge on any atom is -0.392 e. The van der Waals surface area contributed by atoms with Crippen LogP contribution >= 0.6 is 11.3 Å². The predicted octanol–water partition coefficient (Wildman–Crippen LogP) is 2.76. The van der Waals surface area contributed by atoms with Gasteiger partial charge in [0.25, 0.3) is 5.91 Å². The van der Waals surface area contributed by atoms with Crippen LogP contribution < -0.4 is 5.32 Å². The first-order chi connectivity index (χ1) is 9.15. The molecule has 2 heterocycles. The zero-order chi connectivity index (χ0) is 13.8. The van der Waals surface area contributed by atoms with Gasteiger partial charge >= 0.3 is 0 Å². The van der Waals surface area contributed by atoms with E-state index in [0.29, 0.717) is 16.1 Å². The SMILES string of the molecule is CCc1sc(C(=O)Nc2cnccc2CO)cc1C. The highest BCUT2D eigenvalue weighted by molar-refractivity contribution is 7.14. The third-order valence-corrected chi connectivity index (χ3v) is 4.28. The average molecular weight is 276 g/mol. The first-order valence-corrected chi connectivity index (χ1v) is 6.91. The monoisotopic (exact) mass is 276 g/mol. The molecule has 0 aliphatic heterocycles. The van der Waals surface area contributed by atoms with Crippen molar-refractivity contribution in [1.29, 1.82) is 0 Å². The molecule has 0 aromatic carbocycles. The molecule has 5 heteroatoms. The summed E-state index contributed by atoms with van der Waals surface area (Å²) < 4.78 is 0. The third kappa shape index (κ3) is 3.00. The molecule has 19 heavy (non-hydrogen) atoms. The minimum atomic E-state index is -0.157. The van der Waals surface area contributed by atoms with Gasteiger partial charge in [-0.2, -0.15) is 0 Å². The lowest BCUT2D eigenvalue weighted by Gasteiger charge is -2.07. The van der Waals surface area contributed by atoms with Crippen LogP contribution in [0.1, 0.15) is 32.6 Å². The lowest BCUT2D eigenvalue weighted by molar-refractivity contribution is 0.103. The number of aliphatic hydroxyl groups is 1. The van der Waals surface area contributed by atoms with Crippen molar-refractivity contribution in [2.75, 3.05) is 5.32 Å². The van der Waals surface area contributed by atoms with Gasteiger partial charge in [-0.3, -0.25) is 9.78 Å². The molecule has 0 saturated carbocycles. The summed E-state index contributed by atoms with van der Waals surface area (Å²) in [6.45, 7) is 3.96. The van der Waals surface area contributed by atoms with Crippen molar-refractivity contribution in [1.82, 2.24) is 4.98 Å². The molecule has 2 N–H and O–H groups in total. The van der Waals surface area contributed by atoms with Crippen LogP contribution in [-0.4, -0.2) is 16.0 Å². The number of aromatic nitrogens is 1. The van der Waals surface area contributed by atoms with Gasteiger partial charge in [0.2, 0.25) is 0 Å². The Kier molecular flexibility index (Phi) is 4.29. The van der Waals surface area contributed by atoms with Crippen LogP contribution in [0.3, 0.4) is 0 Å². The molecular formula is C14H16N2O2S. The van der Waals surface area contributed by atoms with E-state index in [0.717, 1.165) is 12.0 Å². The van der Waals surface area contributed by atoms with Crippen molar-refractivity contribution in [3.8, 4) is 0 Å². The second-order valence-corrected chi connectivity index (χ2v) is 5.35. The number of pyridine rings is 1. The second kappa shape index (κ2) is 5.95. The molecule has 0 spiro atoms. The fraction of sp³-hybridized carbons (Fsp3) is 0.286. The molecular weight excluding hydrogens is 260 g/mol. The van der Waals surface area contributed by atoms with E-state index >= 15 is 0 Å². The summed E-state index contributed by atoms with van der Waals surface area (Å²) in [5.41, 5.74) is 2.36. The normalized spacial score (nSPS) is 10.5. The quantitative estimate of drug-likeness (QED) is 0.902. The molecule has 100 valence electrons. The summed E-state index contributed by atoms with van der Waals surface area (Å²) in [5, 5.41) is 12.0. The summed E-state index contributed by atoms with van der Waals surface area (Å²) >= 11 is 1.51. The van der Waals surface area contributed by atoms with Crippen molar-refractivity contribution < 1.29 is 9.90 Å². The third-order valence-electron chi connectivity index (χ3n) is 2.90. The summed E-state index contributed by atoms with van der Waals surface area (Å²) in [6, 6.07) is 3.58. The van der Waals surface area contributed by atoms with E-state index < -0.39 is 0 Å². The molecule has 0 bridgehead atoms. The standard InChI is InChI=1S/C14H16N2O2S/c1-3-12-9(2)6-13(19-12)14(18)16-11-7-15-5-4-10(11)8-17/h4-7,17H,3,8H2,1-2H3,(H,16,18). The van der Waals surface area contributed by atoms with Gasteiger partial charge in [0.15, 0.2) is 0 Å². The van der Waals surface area contributed by atoms with Gasteiger partial charge < -0.3 is 10.4 Å². The minimum absolute atomic E-state index is 0.123. The zero-order valence-corrected chi connectivity index (χ0v) is 11.8. The molecule has 0 aliphatic carbocycles. The van der Waals surface area contributed by atoms with Gasteiger partial charge in [0.05, 0.1) is 23.4 Å². The molecule has 2 rings (SSSR count). The Balaban J connectivity index is 2.20. The van der Waals surface area contributed by atoms with Gasteiger partial charge in [0.1, 0.15) is 0 Å². The molecule has 4 nitrogen and oxygen atoms in total. The Morgan fingerprint density at radius 1 is 1.53 bits per heavy atom. The predicted molar refractivity (Wildman–Crippen MR) is 76.5 cm³/mol. The maximum Gasteiger partial charge on any atom is 0.265 e. The maximum atomic E-state index is 12.2. The van der Waals surface area contributed by atoms with Crippen molar-refractivity contribution in [3.63, 3.8) is 0 Å². The van der Waals surface area contributed by atoms with Gasteiger partial charge in [-0.05, 0) is 31.0 Å². The highest BCUT2D eigenvalue weighted by Crippen LogP contribution is 2.24. The number of aryl methyl sites for hydroxylation is 2. The van der Waals surface area contributed by atoms with Crippen LogP contribution in [0.25, 0.3) is 0 Å². The van der Waals surface area contributed by atoms with E-state index in [1.807, 2.05) is 13.0 Å². The first kappa shape index (κ1) is 13.7. The number of hydrogen-bond acceptors (Lipinski definition) is 4. The zero-order valence-electron chi connectivity index (χ0n) is 10.9. The molecule has 0 atom stereocenters. The molecule has 0 fully saturated rings. The number of thiophene rings is 1. The Morgan fingerprint density at radius 3 is 2.95 bits per heavy atom. The molecule has 0 unspecified atom stereocenters. The van der Waals surface area contributed by atoms with E-state index in [9.17, 15) is 9.90 Å². The summed E-state index contributed by atoms with van der Waals surface area (Å²) in [5.74, 6) is -0.157. The lowest BCUT2D eigenvalue weighted by Crippen LogP contribution is -2.12. The van der Waals surface area contributed by atoms with Crippen molar-refractivity contribution in [3.05, 3.63) is 45.4 Å². The van der Waals surface area contributed by atoms with Crippen LogP contribution in [0.15, 0.2) is 24.5 Å². The molecule has 0 radical (unpaired) electrons. The average Bonchev–Trinajstić information content (AvgIpc) is 2.80. The van der Waals surface area contributed by atoms with E-state index in [1.165, 1.54) is 16.2 Å². The molecule has 2 aromatic heterocycles. The number of nitrogens with zero attached hydrogens (tertiary/aromatic N) is 1. The fourth-order valence-electron chi connectivity index (χ4n) is 1.84. The number of aliphatic hydroxyl groups excluding tert-OH is 1. The second-order valence-electron chi connectivity index (χ2n) is 4.22. The number of rotatable bonds is 4. The number of hydrogen-bond donors (Lipinski definition) is 2. The molecule has 2 aromatic rings. The van der Waals surface area contributed by atoms with Crippen LogP contribution in [-0.2, 0) is 13.0 Å². The van der Waals surface area contributed by atoms with E-state index in [-0.39, 0.29) is 12.5 Å². The Labute approximate surface area is 116 Å². The van der Waals surface area contributed by atoms with E-state index in [4.69, 9.17) is 0 Å². The number of carbonyl (C=O) groups excluding carboxylic acids is 1. The van der Waals surface area contributed by atoms with Crippen molar-refractivity contribution >= 4 is 22.9 Å². The topological polar surface area (TPSA) is 62.2 Å². The molecule has 0 saturated heterocycles. The maximum absolute atomic E-state index is 12.2. The van der Waals surface area contributed by atoms with Gasteiger partial charge in [0, 0.05) is 16.6 Å². The van der Waals surface area contributed by atoms with Gasteiger partial charge in [-0.25, -0.2) is 0 Å². The van der Waals surface area contributed by atoms with Gasteiger partial charge in [-0.15, -0.1) is 11.3 Å². The largest absolute Gasteiger partial charge is 0.392 e. The smallest absolute Gasteiger partial charge is 0.265 e. The Morgan fingerprint density at radius 2 is 2.32 bits per heavy atom. The van der Waals surface area contributed by atoms with Crippen LogP contribution in [0, 0.1) is 6.92 Å².